The average molecular weight is 542 g/mol. The number of carboxylic acids is 1. The van der Waals surface area contributed by atoms with Gasteiger partial charge in [0.15, 0.2) is 0 Å². The van der Waals surface area contributed by atoms with Gasteiger partial charge in [-0.25, -0.2) is 28.0 Å². The zero-order valence-corrected chi connectivity index (χ0v) is 23.1. The zero-order chi connectivity index (χ0) is 28.1. The molecule has 3 unspecified atom stereocenters. The van der Waals surface area contributed by atoms with E-state index in [9.17, 15) is 24.1 Å². The van der Waals surface area contributed by atoms with Gasteiger partial charge in [0.2, 0.25) is 18.5 Å². The monoisotopic (exact) mass is 541 g/mol. The average Bonchev–Trinajstić information content (AvgIpc) is 2.75. The van der Waals surface area contributed by atoms with E-state index >= 15 is 0 Å². The number of likely N-dealkylation sites (N-methyl/N-ethyl adjacent to an activating group) is 1. The maximum absolute atomic E-state index is 13.8. The third-order valence-electron chi connectivity index (χ3n) is 4.41. The molecule has 3 N–H and O–H groups in total. The van der Waals surface area contributed by atoms with E-state index in [1.165, 1.54) is 7.05 Å². The summed E-state index contributed by atoms with van der Waals surface area (Å²) in [6.45, 7) is 11.4. The lowest BCUT2D eigenvalue weighted by atomic mass is 10.1. The number of hydrogen-bond acceptors (Lipinski definition) is 10. The summed E-state index contributed by atoms with van der Waals surface area (Å²) in [5.74, 6) is -2.78. The second-order valence-electron chi connectivity index (χ2n) is 8.22. The first kappa shape index (κ1) is 33.4. The summed E-state index contributed by atoms with van der Waals surface area (Å²) < 4.78 is 48.4. The van der Waals surface area contributed by atoms with Crippen molar-refractivity contribution in [3.8, 4) is 0 Å². The summed E-state index contributed by atoms with van der Waals surface area (Å²) in [6, 6.07) is -1.08. The minimum absolute atomic E-state index is 0.0184. The first-order valence-electron chi connectivity index (χ1n) is 11.7. The van der Waals surface area contributed by atoms with Crippen molar-refractivity contribution in [2.24, 2.45) is 22.3 Å². The van der Waals surface area contributed by atoms with Crippen molar-refractivity contribution in [3.63, 3.8) is 0 Å². The molecule has 0 aliphatic heterocycles. The molecular formula is C21H40N3O11P. The van der Waals surface area contributed by atoms with Crippen LogP contribution < -0.4 is 5.73 Å². The molecule has 0 rings (SSSR count). The number of guanidine groups is 1. The maximum atomic E-state index is 13.8. The van der Waals surface area contributed by atoms with E-state index in [1.54, 1.807) is 48.5 Å². The molecule has 0 aromatic carbocycles. The predicted octanol–water partition coefficient (Wildman–Crippen LogP) is 3.94. The molecule has 0 fully saturated rings. The highest BCUT2D eigenvalue weighted by molar-refractivity contribution is 7.52. The summed E-state index contributed by atoms with van der Waals surface area (Å²) in [5.41, 5.74) is 5.99. The summed E-state index contributed by atoms with van der Waals surface area (Å²) in [4.78, 5) is 36.5. The normalized spacial score (nSPS) is 16.0. The standard InChI is InChI=1S/C21H40N3O11P/c1-9-12-15(16(25)26)24(8)19(22)23-36(29,34-17(13(4)5)32-20(27)30-10-2)35-18(14(6)7)33-21(28)31-11-3/h13-15,17-18H,9-12H2,1-8H3,(H,25,26)(H2,22,23,29). The number of hydrogen-bond donors (Lipinski definition) is 2. The van der Waals surface area contributed by atoms with Crippen LogP contribution in [0.3, 0.4) is 0 Å². The number of rotatable bonds is 15. The lowest BCUT2D eigenvalue weighted by Crippen LogP contribution is -2.46. The Morgan fingerprint density at radius 3 is 1.64 bits per heavy atom. The number of carbonyl (C=O) groups is 3. The van der Waals surface area contributed by atoms with Crippen molar-refractivity contribution >= 4 is 32.0 Å². The van der Waals surface area contributed by atoms with Crippen LogP contribution in [0.4, 0.5) is 9.59 Å². The van der Waals surface area contributed by atoms with E-state index in [1.807, 2.05) is 0 Å². The van der Waals surface area contributed by atoms with E-state index in [4.69, 9.17) is 33.7 Å². The lowest BCUT2D eigenvalue weighted by molar-refractivity contribution is -0.141. The van der Waals surface area contributed by atoms with Crippen LogP contribution in [-0.4, -0.2) is 73.1 Å². The van der Waals surface area contributed by atoms with Gasteiger partial charge >= 0.3 is 26.0 Å². The number of nitrogens with zero attached hydrogens (tertiary/aromatic N) is 2. The SMILES string of the molecule is CCCC(C(=O)O)N(C)C(N)=NP(=O)(OC(OC(=O)OCC)C(C)C)OC(OC(=O)OCC)C(C)C. The Labute approximate surface area is 212 Å². The summed E-state index contributed by atoms with van der Waals surface area (Å²) in [7, 11) is -3.38. The molecular weight excluding hydrogens is 501 g/mol. The third-order valence-corrected chi connectivity index (χ3v) is 5.81. The van der Waals surface area contributed by atoms with Gasteiger partial charge in [-0.05, 0) is 20.3 Å². The molecule has 0 saturated carbocycles. The molecule has 3 atom stereocenters. The van der Waals surface area contributed by atoms with Gasteiger partial charge in [-0.1, -0.05) is 41.0 Å². The molecule has 0 aliphatic carbocycles. The molecule has 0 heterocycles. The van der Waals surface area contributed by atoms with Gasteiger partial charge in [0.1, 0.15) is 6.04 Å². The molecule has 15 heteroatoms. The highest BCUT2D eigenvalue weighted by atomic mass is 31.2. The van der Waals surface area contributed by atoms with Crippen LogP contribution in [0.1, 0.15) is 61.3 Å². The Kier molecular flexibility index (Phi) is 15.1. The van der Waals surface area contributed by atoms with Crippen molar-refractivity contribution in [2.45, 2.75) is 79.9 Å². The fourth-order valence-corrected chi connectivity index (χ4v) is 4.13. The Balaban J connectivity index is 6.34. The summed E-state index contributed by atoms with van der Waals surface area (Å²) >= 11 is 0. The van der Waals surface area contributed by atoms with E-state index in [2.05, 4.69) is 4.76 Å². The highest BCUT2D eigenvalue weighted by Gasteiger charge is 2.39. The first-order chi connectivity index (χ1) is 16.7. The zero-order valence-electron chi connectivity index (χ0n) is 22.2. The Bertz CT molecular complexity index is 753. The molecule has 14 nitrogen and oxygen atoms in total. The molecule has 0 radical (unpaired) electrons. The van der Waals surface area contributed by atoms with Crippen LogP contribution in [0.25, 0.3) is 0 Å². The van der Waals surface area contributed by atoms with Crippen molar-refractivity contribution in [1.82, 2.24) is 4.90 Å². The molecule has 0 spiro atoms. The number of aliphatic carboxylic acids is 1. The van der Waals surface area contributed by atoms with E-state index in [0.717, 1.165) is 4.90 Å². The Morgan fingerprint density at radius 2 is 1.33 bits per heavy atom. The topological polar surface area (TPSA) is 186 Å². The fraction of sp³-hybridized carbons (Fsp3) is 0.810. The van der Waals surface area contributed by atoms with Gasteiger partial charge in [0.05, 0.1) is 13.2 Å². The number of carboxylic acid groups (broad SMARTS) is 1. The fourth-order valence-electron chi connectivity index (χ4n) is 2.50. The van der Waals surface area contributed by atoms with Gasteiger partial charge < -0.3 is 34.7 Å². The van der Waals surface area contributed by atoms with Crippen LogP contribution >= 0.6 is 7.75 Å². The number of carbonyl (C=O) groups excluding carboxylic acids is 2. The van der Waals surface area contributed by atoms with Crippen LogP contribution in [0.2, 0.25) is 0 Å². The molecule has 0 bridgehead atoms. The van der Waals surface area contributed by atoms with Crippen molar-refractivity contribution in [1.29, 1.82) is 0 Å². The largest absolute Gasteiger partial charge is 0.510 e. The van der Waals surface area contributed by atoms with E-state index in [-0.39, 0.29) is 19.6 Å². The molecule has 0 aliphatic rings. The van der Waals surface area contributed by atoms with Gasteiger partial charge in [-0.2, -0.15) is 0 Å². The second kappa shape index (κ2) is 16.2. The lowest BCUT2D eigenvalue weighted by Gasteiger charge is -2.29. The predicted molar refractivity (Wildman–Crippen MR) is 129 cm³/mol. The highest BCUT2D eigenvalue weighted by Crippen LogP contribution is 2.54. The van der Waals surface area contributed by atoms with Gasteiger partial charge in [0.25, 0.3) is 0 Å². The van der Waals surface area contributed by atoms with Crippen molar-refractivity contribution in [3.05, 3.63) is 0 Å². The first-order valence-corrected chi connectivity index (χ1v) is 13.2. The summed E-state index contributed by atoms with van der Waals surface area (Å²) in [6.07, 6.45) is -4.39. The number of nitrogens with two attached hydrogens (primary N) is 1. The smallest absolute Gasteiger partial charge is 0.480 e. The van der Waals surface area contributed by atoms with Crippen molar-refractivity contribution < 1.29 is 52.1 Å². The minimum atomic E-state index is -4.73. The molecule has 0 saturated heterocycles. The Morgan fingerprint density at radius 1 is 0.917 bits per heavy atom. The van der Waals surface area contributed by atoms with Gasteiger partial charge in [-0.15, -0.1) is 4.76 Å². The minimum Gasteiger partial charge on any atom is -0.480 e. The Hall–Kier alpha value is -2.57. The number of ether oxygens (including phenoxy) is 4. The van der Waals surface area contributed by atoms with Crippen LogP contribution in [0.15, 0.2) is 4.76 Å². The molecule has 0 aromatic heterocycles. The third kappa shape index (κ3) is 11.9. The molecule has 0 aromatic rings. The van der Waals surface area contributed by atoms with E-state index in [0.29, 0.717) is 6.42 Å². The van der Waals surface area contributed by atoms with E-state index < -0.39 is 62.4 Å². The van der Waals surface area contributed by atoms with Gasteiger partial charge in [-0.3, -0.25) is 0 Å². The molecule has 0 amide bonds. The maximum Gasteiger partial charge on any atom is 0.510 e. The summed E-state index contributed by atoms with van der Waals surface area (Å²) in [5, 5.41) is 9.53. The van der Waals surface area contributed by atoms with Crippen molar-refractivity contribution in [2.75, 3.05) is 20.3 Å². The van der Waals surface area contributed by atoms with Gasteiger partial charge in [0, 0.05) is 18.9 Å². The van der Waals surface area contributed by atoms with Crippen LogP contribution in [-0.2, 0) is 37.4 Å². The van der Waals surface area contributed by atoms with Crippen LogP contribution in [0, 0.1) is 11.8 Å². The molecule has 210 valence electrons. The van der Waals surface area contributed by atoms with Crippen LogP contribution in [0.5, 0.6) is 0 Å². The molecule has 36 heavy (non-hydrogen) atoms. The quantitative estimate of drug-likeness (QED) is 0.0999. The second-order valence-corrected chi connectivity index (χ2v) is 9.78.